The van der Waals surface area contributed by atoms with Gasteiger partial charge >= 0.3 is 0 Å². The number of morpholine rings is 1. The number of rotatable bonds is 4. The summed E-state index contributed by atoms with van der Waals surface area (Å²) in [4.78, 5) is 17.7. The number of halogens is 1. The quantitative estimate of drug-likeness (QED) is 0.827. The van der Waals surface area contributed by atoms with Gasteiger partial charge in [-0.1, -0.05) is 11.6 Å². The van der Waals surface area contributed by atoms with Gasteiger partial charge in [0.1, 0.15) is 6.61 Å². The van der Waals surface area contributed by atoms with Crippen molar-refractivity contribution in [3.8, 4) is 0 Å². The van der Waals surface area contributed by atoms with Crippen LogP contribution in [0.4, 0.5) is 0 Å². The molecule has 2 heterocycles. The third kappa shape index (κ3) is 2.80. The zero-order valence-corrected chi connectivity index (χ0v) is 10.9. The van der Waals surface area contributed by atoms with Crippen molar-refractivity contribution in [3.63, 3.8) is 0 Å². The molecule has 1 amide bonds. The van der Waals surface area contributed by atoms with Gasteiger partial charge in [0, 0.05) is 36.6 Å². The minimum atomic E-state index is -0.192. The van der Waals surface area contributed by atoms with Crippen LogP contribution in [0.1, 0.15) is 11.6 Å². The first-order valence-electron chi connectivity index (χ1n) is 5.69. The Kier molecular flexibility index (Phi) is 4.52. The average Bonchev–Trinajstić information content (AvgIpc) is 2.38. The van der Waals surface area contributed by atoms with Crippen LogP contribution >= 0.6 is 11.6 Å². The number of pyridine rings is 1. The number of hydrogen-bond donors (Lipinski definition) is 0. The highest BCUT2D eigenvalue weighted by Gasteiger charge is 2.30. The van der Waals surface area contributed by atoms with Crippen LogP contribution in [0.2, 0.25) is 5.02 Å². The second-order valence-electron chi connectivity index (χ2n) is 4.01. The summed E-state index contributed by atoms with van der Waals surface area (Å²) in [5.74, 6) is -0.0526. The Morgan fingerprint density at radius 1 is 1.67 bits per heavy atom. The SMILES string of the molecule is COCCN1C(=O)COCC1c1cnccc1Cl. The molecule has 0 saturated carbocycles. The molecule has 1 aromatic rings. The molecule has 1 aromatic heterocycles. The van der Waals surface area contributed by atoms with E-state index in [0.717, 1.165) is 5.56 Å². The lowest BCUT2D eigenvalue weighted by atomic mass is 10.1. The van der Waals surface area contributed by atoms with Gasteiger partial charge in [0.15, 0.2) is 0 Å². The molecule has 0 bridgehead atoms. The van der Waals surface area contributed by atoms with Gasteiger partial charge in [-0.05, 0) is 6.07 Å². The molecule has 0 spiro atoms. The lowest BCUT2D eigenvalue weighted by Gasteiger charge is -2.35. The molecule has 0 radical (unpaired) electrons. The molecular weight excluding hydrogens is 256 g/mol. The Morgan fingerprint density at radius 2 is 2.50 bits per heavy atom. The maximum Gasteiger partial charge on any atom is 0.249 e. The molecule has 1 aliphatic heterocycles. The van der Waals surface area contributed by atoms with Crippen molar-refractivity contribution < 1.29 is 14.3 Å². The van der Waals surface area contributed by atoms with Crippen molar-refractivity contribution in [3.05, 3.63) is 29.0 Å². The first-order valence-corrected chi connectivity index (χ1v) is 6.07. The fraction of sp³-hybridized carbons (Fsp3) is 0.500. The Morgan fingerprint density at radius 3 is 3.22 bits per heavy atom. The molecule has 5 nitrogen and oxygen atoms in total. The lowest BCUT2D eigenvalue weighted by Crippen LogP contribution is -2.45. The summed E-state index contributed by atoms with van der Waals surface area (Å²) in [7, 11) is 1.61. The van der Waals surface area contributed by atoms with Crippen LogP contribution in [-0.4, -0.2) is 49.3 Å². The Hall–Kier alpha value is -1.17. The average molecular weight is 271 g/mol. The van der Waals surface area contributed by atoms with E-state index >= 15 is 0 Å². The van der Waals surface area contributed by atoms with Gasteiger partial charge in [0.25, 0.3) is 0 Å². The second-order valence-corrected chi connectivity index (χ2v) is 4.42. The number of aromatic nitrogens is 1. The van der Waals surface area contributed by atoms with E-state index in [1.165, 1.54) is 0 Å². The predicted molar refractivity (Wildman–Crippen MR) is 66.4 cm³/mol. The third-order valence-corrected chi connectivity index (χ3v) is 3.23. The van der Waals surface area contributed by atoms with Crippen LogP contribution < -0.4 is 0 Å². The normalized spacial score (nSPS) is 20.2. The van der Waals surface area contributed by atoms with Gasteiger partial charge in [-0.25, -0.2) is 0 Å². The van der Waals surface area contributed by atoms with Crippen molar-refractivity contribution >= 4 is 17.5 Å². The summed E-state index contributed by atoms with van der Waals surface area (Å²) in [6.45, 7) is 1.55. The molecule has 2 rings (SSSR count). The van der Waals surface area contributed by atoms with E-state index in [0.29, 0.717) is 24.8 Å². The predicted octanol–water partition coefficient (Wildman–Crippen LogP) is 1.28. The Bertz CT molecular complexity index is 428. The molecule has 0 aliphatic carbocycles. The van der Waals surface area contributed by atoms with Gasteiger partial charge in [-0.2, -0.15) is 0 Å². The number of methoxy groups -OCH3 is 1. The summed E-state index contributed by atoms with van der Waals surface area (Å²) in [6, 6.07) is 1.52. The first kappa shape index (κ1) is 13.3. The van der Waals surface area contributed by atoms with Crippen LogP contribution in [0.5, 0.6) is 0 Å². The van der Waals surface area contributed by atoms with Crippen molar-refractivity contribution in [1.29, 1.82) is 0 Å². The molecule has 0 aromatic carbocycles. The molecule has 0 N–H and O–H groups in total. The third-order valence-electron chi connectivity index (χ3n) is 2.89. The zero-order valence-electron chi connectivity index (χ0n) is 10.1. The highest BCUT2D eigenvalue weighted by molar-refractivity contribution is 6.31. The second kappa shape index (κ2) is 6.13. The fourth-order valence-electron chi connectivity index (χ4n) is 1.97. The number of amides is 1. The maximum atomic E-state index is 11.9. The summed E-state index contributed by atoms with van der Waals surface area (Å²) in [5, 5.41) is 0.593. The monoisotopic (exact) mass is 270 g/mol. The van der Waals surface area contributed by atoms with Crippen molar-refractivity contribution in [2.75, 3.05) is 33.5 Å². The van der Waals surface area contributed by atoms with Gasteiger partial charge in [0.2, 0.25) is 5.91 Å². The van der Waals surface area contributed by atoms with Crippen LogP contribution in [0.25, 0.3) is 0 Å². The van der Waals surface area contributed by atoms with E-state index in [1.807, 2.05) is 0 Å². The minimum Gasteiger partial charge on any atom is -0.383 e. The first-order chi connectivity index (χ1) is 8.74. The largest absolute Gasteiger partial charge is 0.383 e. The van der Waals surface area contributed by atoms with Crippen LogP contribution in [-0.2, 0) is 14.3 Å². The summed E-state index contributed by atoms with van der Waals surface area (Å²) in [6.07, 6.45) is 3.30. The smallest absolute Gasteiger partial charge is 0.249 e. The Labute approximate surface area is 111 Å². The number of nitrogens with zero attached hydrogens (tertiary/aromatic N) is 2. The highest BCUT2D eigenvalue weighted by atomic mass is 35.5. The van der Waals surface area contributed by atoms with Gasteiger partial charge in [-0.3, -0.25) is 9.78 Å². The molecule has 1 fully saturated rings. The molecule has 98 valence electrons. The molecule has 1 aliphatic rings. The number of ether oxygens (including phenoxy) is 2. The van der Waals surface area contributed by atoms with Crippen LogP contribution in [0.15, 0.2) is 18.5 Å². The molecule has 18 heavy (non-hydrogen) atoms. The molecule has 6 heteroatoms. The van der Waals surface area contributed by atoms with E-state index < -0.39 is 0 Å². The Balaban J connectivity index is 2.22. The maximum absolute atomic E-state index is 11.9. The van der Waals surface area contributed by atoms with E-state index in [9.17, 15) is 4.79 Å². The molecule has 1 saturated heterocycles. The standard InChI is InChI=1S/C12H15ClN2O3/c1-17-5-4-15-11(7-18-8-12(15)16)9-6-14-3-2-10(9)13/h2-3,6,11H,4-5,7-8H2,1H3. The van der Waals surface area contributed by atoms with E-state index in [2.05, 4.69) is 4.98 Å². The van der Waals surface area contributed by atoms with Crippen molar-refractivity contribution in [2.45, 2.75) is 6.04 Å². The molecular formula is C12H15ClN2O3. The van der Waals surface area contributed by atoms with Gasteiger partial charge in [0.05, 0.1) is 19.3 Å². The van der Waals surface area contributed by atoms with Gasteiger partial charge in [-0.15, -0.1) is 0 Å². The highest BCUT2D eigenvalue weighted by Crippen LogP contribution is 2.29. The topological polar surface area (TPSA) is 51.7 Å². The minimum absolute atomic E-state index is 0.0526. The van der Waals surface area contributed by atoms with E-state index in [4.69, 9.17) is 21.1 Å². The number of hydrogen-bond acceptors (Lipinski definition) is 4. The van der Waals surface area contributed by atoms with Crippen LogP contribution in [0, 0.1) is 0 Å². The van der Waals surface area contributed by atoms with E-state index in [-0.39, 0.29) is 18.6 Å². The van der Waals surface area contributed by atoms with E-state index in [1.54, 1.807) is 30.5 Å². The zero-order chi connectivity index (χ0) is 13.0. The molecule has 1 unspecified atom stereocenters. The van der Waals surface area contributed by atoms with Crippen molar-refractivity contribution in [2.24, 2.45) is 0 Å². The number of carbonyl (C=O) groups excluding carboxylic acids is 1. The number of carbonyl (C=O) groups is 1. The summed E-state index contributed by atoms with van der Waals surface area (Å²) < 4.78 is 10.3. The molecule has 1 atom stereocenters. The lowest BCUT2D eigenvalue weighted by molar-refractivity contribution is -0.149. The van der Waals surface area contributed by atoms with Crippen LogP contribution in [0.3, 0.4) is 0 Å². The summed E-state index contributed by atoms with van der Waals surface area (Å²) >= 11 is 6.14. The summed E-state index contributed by atoms with van der Waals surface area (Å²) in [5.41, 5.74) is 0.809. The fourth-order valence-corrected chi connectivity index (χ4v) is 2.20. The van der Waals surface area contributed by atoms with Gasteiger partial charge < -0.3 is 14.4 Å². The van der Waals surface area contributed by atoms with Crippen molar-refractivity contribution in [1.82, 2.24) is 9.88 Å².